The Hall–Kier alpha value is -2.94. The van der Waals surface area contributed by atoms with Crippen molar-refractivity contribution in [2.75, 3.05) is 10.6 Å². The van der Waals surface area contributed by atoms with E-state index in [-0.39, 0.29) is 5.69 Å². The molecule has 2 aromatic rings. The summed E-state index contributed by atoms with van der Waals surface area (Å²) >= 11 is 1.36. The summed E-state index contributed by atoms with van der Waals surface area (Å²) in [6.45, 7) is 1.56. The molecule has 0 spiro atoms. The van der Waals surface area contributed by atoms with Gasteiger partial charge in [0.15, 0.2) is 0 Å². The zero-order valence-electron chi connectivity index (χ0n) is 14.1. The van der Waals surface area contributed by atoms with E-state index < -0.39 is 16.9 Å². The van der Waals surface area contributed by atoms with E-state index in [1.165, 1.54) is 23.5 Å². The molecule has 3 rings (SSSR count). The molecule has 1 aliphatic rings. The molecule has 0 saturated carbocycles. The number of hydrogen-bond donors (Lipinski definition) is 3. The van der Waals surface area contributed by atoms with E-state index >= 15 is 0 Å². The molecule has 0 unspecified atom stereocenters. The fourth-order valence-electron chi connectivity index (χ4n) is 3.13. The van der Waals surface area contributed by atoms with Crippen LogP contribution in [0.3, 0.4) is 0 Å². The van der Waals surface area contributed by atoms with Crippen LogP contribution in [0.2, 0.25) is 0 Å². The minimum absolute atomic E-state index is 0.0767. The molecule has 1 aromatic heterocycles. The maximum atomic E-state index is 12.4. The number of carbonyl (C=O) groups excluding carboxylic acids is 2. The van der Waals surface area contributed by atoms with Crippen LogP contribution < -0.4 is 16.4 Å². The lowest BCUT2D eigenvalue weighted by Crippen LogP contribution is -2.22. The minimum Gasteiger partial charge on any atom is -0.365 e. The highest BCUT2D eigenvalue weighted by atomic mass is 32.1. The number of nitrogens with two attached hydrogens (primary N) is 1. The molecular formula is C17H18N4O4S. The number of rotatable bonds is 4. The molecule has 8 nitrogen and oxygen atoms in total. The smallest absolute Gasteiger partial charge is 0.324 e. The zero-order chi connectivity index (χ0) is 18.8. The third-order valence-electron chi connectivity index (χ3n) is 4.39. The second-order valence-electron chi connectivity index (χ2n) is 6.07. The summed E-state index contributed by atoms with van der Waals surface area (Å²) in [5.41, 5.74) is 7.42. The van der Waals surface area contributed by atoms with Crippen LogP contribution in [0.1, 0.15) is 39.2 Å². The second-order valence-corrected chi connectivity index (χ2v) is 7.17. The SMILES string of the molecule is Cc1c(NC(=O)Nc2sc3c(c2C(N)=O)CCCC3)cccc1[N+](=O)[O-]. The van der Waals surface area contributed by atoms with Gasteiger partial charge in [-0.25, -0.2) is 4.79 Å². The Morgan fingerprint density at radius 2 is 1.96 bits per heavy atom. The van der Waals surface area contributed by atoms with Crippen LogP contribution in [0.25, 0.3) is 0 Å². The molecule has 1 heterocycles. The molecule has 0 radical (unpaired) electrons. The van der Waals surface area contributed by atoms with Crippen molar-refractivity contribution in [1.82, 2.24) is 0 Å². The average Bonchev–Trinajstić information content (AvgIpc) is 2.94. The molecule has 0 fully saturated rings. The van der Waals surface area contributed by atoms with Crippen LogP contribution in [-0.4, -0.2) is 16.9 Å². The summed E-state index contributed by atoms with van der Waals surface area (Å²) < 4.78 is 0. The van der Waals surface area contributed by atoms with Crippen molar-refractivity contribution in [3.63, 3.8) is 0 Å². The van der Waals surface area contributed by atoms with Crippen LogP contribution in [0.5, 0.6) is 0 Å². The van der Waals surface area contributed by atoms with E-state index in [0.717, 1.165) is 36.1 Å². The number of nitro benzene ring substituents is 1. The van der Waals surface area contributed by atoms with Crippen molar-refractivity contribution in [1.29, 1.82) is 0 Å². The molecular weight excluding hydrogens is 356 g/mol. The molecule has 0 saturated heterocycles. The van der Waals surface area contributed by atoms with E-state index in [4.69, 9.17) is 5.73 Å². The van der Waals surface area contributed by atoms with Gasteiger partial charge in [0.25, 0.3) is 11.6 Å². The molecule has 1 aromatic carbocycles. The molecule has 136 valence electrons. The van der Waals surface area contributed by atoms with E-state index in [2.05, 4.69) is 10.6 Å². The van der Waals surface area contributed by atoms with Crippen molar-refractivity contribution in [2.24, 2.45) is 5.73 Å². The summed E-state index contributed by atoms with van der Waals surface area (Å²) in [5, 5.41) is 16.7. The summed E-state index contributed by atoms with van der Waals surface area (Å²) in [6.07, 6.45) is 3.68. The first-order valence-electron chi connectivity index (χ1n) is 8.15. The predicted molar refractivity (Wildman–Crippen MR) is 100.0 cm³/mol. The lowest BCUT2D eigenvalue weighted by molar-refractivity contribution is -0.385. The number of fused-ring (bicyclic) bond motifs is 1. The molecule has 0 aliphatic heterocycles. The van der Waals surface area contributed by atoms with Gasteiger partial charge in [-0.15, -0.1) is 11.3 Å². The number of anilines is 2. The van der Waals surface area contributed by atoms with Crippen LogP contribution in [0.15, 0.2) is 18.2 Å². The maximum Gasteiger partial charge on any atom is 0.324 e. The van der Waals surface area contributed by atoms with Gasteiger partial charge in [-0.05, 0) is 44.2 Å². The highest BCUT2D eigenvalue weighted by molar-refractivity contribution is 7.17. The van der Waals surface area contributed by atoms with Crippen molar-refractivity contribution in [2.45, 2.75) is 32.6 Å². The number of hydrogen-bond acceptors (Lipinski definition) is 5. The zero-order valence-corrected chi connectivity index (χ0v) is 14.9. The third-order valence-corrected chi connectivity index (χ3v) is 5.60. The fraction of sp³-hybridized carbons (Fsp3) is 0.294. The van der Waals surface area contributed by atoms with E-state index in [1.54, 1.807) is 13.0 Å². The van der Waals surface area contributed by atoms with Gasteiger partial charge in [0, 0.05) is 10.9 Å². The largest absolute Gasteiger partial charge is 0.365 e. The number of amides is 3. The molecule has 4 N–H and O–H groups in total. The monoisotopic (exact) mass is 374 g/mol. The standard InChI is InChI=1S/C17H18N4O4S/c1-9-11(6-4-7-12(9)21(24)25)19-17(23)20-16-14(15(18)22)10-5-2-3-8-13(10)26-16/h4,6-7H,2-3,5,8H2,1H3,(H2,18,22)(H2,19,20,23). The van der Waals surface area contributed by atoms with Gasteiger partial charge in [-0.2, -0.15) is 0 Å². The number of primary amides is 1. The lowest BCUT2D eigenvalue weighted by atomic mass is 9.95. The van der Waals surface area contributed by atoms with Gasteiger partial charge in [0.2, 0.25) is 0 Å². The van der Waals surface area contributed by atoms with E-state index in [0.29, 0.717) is 21.8 Å². The van der Waals surface area contributed by atoms with E-state index in [9.17, 15) is 19.7 Å². The quantitative estimate of drug-likeness (QED) is 0.558. The minimum atomic E-state index is -0.574. The summed E-state index contributed by atoms with van der Waals surface area (Å²) in [7, 11) is 0. The average molecular weight is 374 g/mol. The number of benzene rings is 1. The van der Waals surface area contributed by atoms with Gasteiger partial charge in [0.1, 0.15) is 5.00 Å². The Bertz CT molecular complexity index is 906. The molecule has 0 atom stereocenters. The molecule has 9 heteroatoms. The predicted octanol–water partition coefficient (Wildman–Crippen LogP) is 3.59. The van der Waals surface area contributed by atoms with Crippen LogP contribution in [0, 0.1) is 17.0 Å². The number of nitrogens with zero attached hydrogens (tertiary/aromatic N) is 1. The van der Waals surface area contributed by atoms with Crippen LogP contribution >= 0.6 is 11.3 Å². The van der Waals surface area contributed by atoms with Crippen molar-refractivity contribution in [3.05, 3.63) is 49.9 Å². The number of nitro groups is 1. The summed E-state index contributed by atoms with van der Waals surface area (Å²) in [4.78, 5) is 35.8. The van der Waals surface area contributed by atoms with Crippen molar-refractivity contribution in [3.8, 4) is 0 Å². The summed E-state index contributed by atoms with van der Waals surface area (Å²) in [6, 6.07) is 3.88. The first-order valence-corrected chi connectivity index (χ1v) is 8.96. The number of nitrogens with one attached hydrogen (secondary N) is 2. The molecule has 26 heavy (non-hydrogen) atoms. The van der Waals surface area contributed by atoms with Gasteiger partial charge in [0.05, 0.1) is 21.7 Å². The Morgan fingerprint density at radius 3 is 2.65 bits per heavy atom. The second kappa shape index (κ2) is 7.12. The fourth-order valence-corrected chi connectivity index (χ4v) is 4.42. The molecule has 0 bridgehead atoms. The maximum absolute atomic E-state index is 12.4. The van der Waals surface area contributed by atoms with Crippen LogP contribution in [0.4, 0.5) is 21.2 Å². The van der Waals surface area contributed by atoms with E-state index in [1.807, 2.05) is 0 Å². The van der Waals surface area contributed by atoms with Crippen molar-refractivity contribution < 1.29 is 14.5 Å². The Balaban J connectivity index is 1.83. The van der Waals surface area contributed by atoms with Gasteiger partial charge >= 0.3 is 6.03 Å². The molecule has 1 aliphatic carbocycles. The summed E-state index contributed by atoms with van der Waals surface area (Å²) in [5.74, 6) is -0.564. The normalized spacial score (nSPS) is 13.0. The molecule has 3 amide bonds. The number of urea groups is 1. The highest BCUT2D eigenvalue weighted by Gasteiger charge is 2.25. The Morgan fingerprint density at radius 1 is 1.23 bits per heavy atom. The topological polar surface area (TPSA) is 127 Å². The Kier molecular flexibility index (Phi) is 4.90. The Labute approximate surface area is 153 Å². The number of aryl methyl sites for hydroxylation is 1. The first-order chi connectivity index (χ1) is 12.4. The highest BCUT2D eigenvalue weighted by Crippen LogP contribution is 2.38. The van der Waals surface area contributed by atoms with Gasteiger partial charge < -0.3 is 11.1 Å². The lowest BCUT2D eigenvalue weighted by Gasteiger charge is -2.11. The van der Waals surface area contributed by atoms with Crippen LogP contribution in [-0.2, 0) is 12.8 Å². The number of carbonyl (C=O) groups is 2. The van der Waals surface area contributed by atoms with Gasteiger partial charge in [-0.3, -0.25) is 20.2 Å². The van der Waals surface area contributed by atoms with Crippen molar-refractivity contribution >= 4 is 39.7 Å². The van der Waals surface area contributed by atoms with Gasteiger partial charge in [-0.1, -0.05) is 6.07 Å². The first kappa shape index (κ1) is 17.9. The third kappa shape index (κ3) is 3.38. The number of thiophene rings is 1.